The van der Waals surface area contributed by atoms with E-state index in [-0.39, 0.29) is 11.8 Å². The second-order valence-corrected chi connectivity index (χ2v) is 5.63. The highest BCUT2D eigenvalue weighted by Gasteiger charge is 2.25. The molecule has 1 aliphatic carbocycles. The Balaban J connectivity index is 2.38. The van der Waals surface area contributed by atoms with Crippen LogP contribution in [0.2, 0.25) is 0 Å². The summed E-state index contributed by atoms with van der Waals surface area (Å²) in [5.41, 5.74) is 0. The van der Waals surface area contributed by atoms with E-state index in [0.717, 1.165) is 19.5 Å². The van der Waals surface area contributed by atoms with Gasteiger partial charge in [-0.25, -0.2) is 0 Å². The standard InChI is InChI=1S/C15H30N2O/c1-4-14(13-9-7-6-8-10-13)17-15(18)12(3)11-16-5-2/h12-14,16H,4-11H2,1-3H3,(H,17,18). The minimum absolute atomic E-state index is 0.0718. The molecule has 3 nitrogen and oxygen atoms in total. The maximum Gasteiger partial charge on any atom is 0.224 e. The van der Waals surface area contributed by atoms with Crippen LogP contribution in [0.15, 0.2) is 0 Å². The molecule has 0 aromatic carbocycles. The zero-order valence-electron chi connectivity index (χ0n) is 12.3. The Labute approximate surface area is 112 Å². The summed E-state index contributed by atoms with van der Waals surface area (Å²) in [6.07, 6.45) is 7.69. The lowest BCUT2D eigenvalue weighted by molar-refractivity contribution is -0.125. The molecule has 1 rings (SSSR count). The second-order valence-electron chi connectivity index (χ2n) is 5.63. The molecule has 0 spiro atoms. The molecular weight excluding hydrogens is 224 g/mol. The van der Waals surface area contributed by atoms with Crippen molar-refractivity contribution in [1.29, 1.82) is 0 Å². The first-order valence-electron chi connectivity index (χ1n) is 7.70. The minimum atomic E-state index is 0.0718. The quantitative estimate of drug-likeness (QED) is 0.733. The molecule has 1 aliphatic rings. The molecule has 18 heavy (non-hydrogen) atoms. The first-order valence-corrected chi connectivity index (χ1v) is 7.70. The largest absolute Gasteiger partial charge is 0.353 e. The Bertz CT molecular complexity index is 237. The molecule has 3 heteroatoms. The van der Waals surface area contributed by atoms with Gasteiger partial charge in [-0.05, 0) is 31.7 Å². The Morgan fingerprint density at radius 3 is 2.44 bits per heavy atom. The number of hydrogen-bond donors (Lipinski definition) is 2. The third-order valence-corrected chi connectivity index (χ3v) is 4.13. The maximum atomic E-state index is 12.1. The van der Waals surface area contributed by atoms with Crippen molar-refractivity contribution in [2.24, 2.45) is 11.8 Å². The minimum Gasteiger partial charge on any atom is -0.353 e. The Hall–Kier alpha value is -0.570. The van der Waals surface area contributed by atoms with Crippen molar-refractivity contribution in [3.05, 3.63) is 0 Å². The molecule has 0 bridgehead atoms. The molecule has 0 aromatic heterocycles. The van der Waals surface area contributed by atoms with Gasteiger partial charge in [0.1, 0.15) is 0 Å². The van der Waals surface area contributed by atoms with Crippen molar-refractivity contribution in [2.75, 3.05) is 13.1 Å². The summed E-state index contributed by atoms with van der Waals surface area (Å²) in [5, 5.41) is 6.51. The molecule has 2 unspecified atom stereocenters. The van der Waals surface area contributed by atoms with Crippen LogP contribution in [0.4, 0.5) is 0 Å². The summed E-state index contributed by atoms with van der Waals surface area (Å²) in [6, 6.07) is 0.391. The van der Waals surface area contributed by atoms with E-state index in [0.29, 0.717) is 12.0 Å². The fourth-order valence-electron chi connectivity index (χ4n) is 2.87. The first-order chi connectivity index (χ1) is 8.69. The normalized spacial score (nSPS) is 20.4. The van der Waals surface area contributed by atoms with Gasteiger partial charge in [-0.3, -0.25) is 4.79 Å². The average molecular weight is 254 g/mol. The van der Waals surface area contributed by atoms with Gasteiger partial charge in [0.05, 0.1) is 0 Å². The molecule has 1 saturated carbocycles. The summed E-state index contributed by atoms with van der Waals surface area (Å²) in [7, 11) is 0. The molecule has 2 N–H and O–H groups in total. The summed E-state index contributed by atoms with van der Waals surface area (Å²) in [5.74, 6) is 0.995. The van der Waals surface area contributed by atoms with Crippen molar-refractivity contribution in [1.82, 2.24) is 10.6 Å². The van der Waals surface area contributed by atoms with Gasteiger partial charge in [0.25, 0.3) is 0 Å². The van der Waals surface area contributed by atoms with Gasteiger partial charge in [-0.1, -0.05) is 40.0 Å². The highest BCUT2D eigenvalue weighted by Crippen LogP contribution is 2.27. The molecule has 0 aliphatic heterocycles. The fourth-order valence-corrected chi connectivity index (χ4v) is 2.87. The van der Waals surface area contributed by atoms with Gasteiger partial charge in [0.2, 0.25) is 5.91 Å². The van der Waals surface area contributed by atoms with Crippen LogP contribution in [0.1, 0.15) is 59.3 Å². The Morgan fingerprint density at radius 2 is 1.89 bits per heavy atom. The highest BCUT2D eigenvalue weighted by atomic mass is 16.1. The van der Waals surface area contributed by atoms with Crippen LogP contribution in [0.3, 0.4) is 0 Å². The van der Waals surface area contributed by atoms with E-state index in [1.165, 1.54) is 32.1 Å². The fraction of sp³-hybridized carbons (Fsp3) is 0.933. The monoisotopic (exact) mass is 254 g/mol. The molecular formula is C15H30N2O. The van der Waals surface area contributed by atoms with E-state index in [1.54, 1.807) is 0 Å². The molecule has 1 fully saturated rings. The zero-order valence-corrected chi connectivity index (χ0v) is 12.3. The number of nitrogens with one attached hydrogen (secondary N) is 2. The van der Waals surface area contributed by atoms with Crippen molar-refractivity contribution in [2.45, 2.75) is 65.3 Å². The van der Waals surface area contributed by atoms with E-state index >= 15 is 0 Å². The van der Waals surface area contributed by atoms with Crippen LogP contribution in [0.25, 0.3) is 0 Å². The van der Waals surface area contributed by atoms with E-state index in [4.69, 9.17) is 0 Å². The Morgan fingerprint density at radius 1 is 1.22 bits per heavy atom. The van der Waals surface area contributed by atoms with Crippen LogP contribution >= 0.6 is 0 Å². The SMILES string of the molecule is CCNCC(C)C(=O)NC(CC)C1CCCCC1. The van der Waals surface area contributed by atoms with Gasteiger partial charge in [0, 0.05) is 18.5 Å². The predicted octanol–water partition coefficient (Wildman–Crippen LogP) is 2.71. The molecule has 1 amide bonds. The molecule has 0 heterocycles. The van der Waals surface area contributed by atoms with Crippen molar-refractivity contribution in [3.63, 3.8) is 0 Å². The topological polar surface area (TPSA) is 41.1 Å². The van der Waals surface area contributed by atoms with Gasteiger partial charge in [-0.2, -0.15) is 0 Å². The van der Waals surface area contributed by atoms with Crippen LogP contribution in [0, 0.1) is 11.8 Å². The summed E-state index contributed by atoms with van der Waals surface area (Å²) < 4.78 is 0. The van der Waals surface area contributed by atoms with Gasteiger partial charge >= 0.3 is 0 Å². The molecule has 0 aromatic rings. The van der Waals surface area contributed by atoms with Gasteiger partial charge < -0.3 is 10.6 Å². The van der Waals surface area contributed by atoms with Crippen molar-refractivity contribution < 1.29 is 4.79 Å². The number of rotatable bonds is 7. The zero-order chi connectivity index (χ0) is 13.4. The van der Waals surface area contributed by atoms with E-state index < -0.39 is 0 Å². The van der Waals surface area contributed by atoms with E-state index in [1.807, 2.05) is 6.92 Å². The molecule has 0 radical (unpaired) electrons. The molecule has 2 atom stereocenters. The Kier molecular flexibility index (Phi) is 7.33. The lowest BCUT2D eigenvalue weighted by Crippen LogP contribution is -2.44. The van der Waals surface area contributed by atoms with Crippen LogP contribution in [-0.2, 0) is 4.79 Å². The number of amides is 1. The number of carbonyl (C=O) groups excluding carboxylic acids is 1. The maximum absolute atomic E-state index is 12.1. The second kappa shape index (κ2) is 8.52. The summed E-state index contributed by atoms with van der Waals surface area (Å²) >= 11 is 0. The third kappa shape index (κ3) is 4.97. The van der Waals surface area contributed by atoms with Crippen molar-refractivity contribution >= 4 is 5.91 Å². The van der Waals surface area contributed by atoms with Gasteiger partial charge in [-0.15, -0.1) is 0 Å². The lowest BCUT2D eigenvalue weighted by atomic mass is 9.82. The lowest BCUT2D eigenvalue weighted by Gasteiger charge is -2.31. The van der Waals surface area contributed by atoms with E-state index in [9.17, 15) is 4.79 Å². The van der Waals surface area contributed by atoms with Crippen molar-refractivity contribution in [3.8, 4) is 0 Å². The number of carbonyl (C=O) groups is 1. The molecule has 106 valence electrons. The molecule has 0 saturated heterocycles. The summed E-state index contributed by atoms with van der Waals surface area (Å²) in [4.78, 5) is 12.1. The number of hydrogen-bond acceptors (Lipinski definition) is 2. The smallest absolute Gasteiger partial charge is 0.224 e. The third-order valence-electron chi connectivity index (χ3n) is 4.13. The highest BCUT2D eigenvalue weighted by molar-refractivity contribution is 5.78. The average Bonchev–Trinajstić information content (AvgIpc) is 2.42. The first kappa shape index (κ1) is 15.5. The van der Waals surface area contributed by atoms with E-state index in [2.05, 4.69) is 24.5 Å². The van der Waals surface area contributed by atoms with Crippen LogP contribution in [-0.4, -0.2) is 25.0 Å². The van der Waals surface area contributed by atoms with Crippen LogP contribution in [0.5, 0.6) is 0 Å². The summed E-state index contributed by atoms with van der Waals surface area (Å²) in [6.45, 7) is 7.97. The predicted molar refractivity (Wildman–Crippen MR) is 76.5 cm³/mol. The van der Waals surface area contributed by atoms with Gasteiger partial charge in [0.15, 0.2) is 0 Å². The van der Waals surface area contributed by atoms with Crippen LogP contribution < -0.4 is 10.6 Å².